The molecule has 23 heavy (non-hydrogen) atoms. The molecule has 0 radical (unpaired) electrons. The molecule has 1 saturated carbocycles. The third kappa shape index (κ3) is 3.95. The minimum Gasteiger partial charge on any atom is -0.326 e. The average Bonchev–Trinajstić information content (AvgIpc) is 3.31. The van der Waals surface area contributed by atoms with Gasteiger partial charge >= 0.3 is 0 Å². The Morgan fingerprint density at radius 1 is 1.30 bits per heavy atom. The van der Waals surface area contributed by atoms with Crippen LogP contribution in [0.15, 0.2) is 29.4 Å². The van der Waals surface area contributed by atoms with Crippen molar-refractivity contribution in [1.29, 1.82) is 0 Å². The van der Waals surface area contributed by atoms with Crippen LogP contribution in [0, 0.1) is 0 Å². The zero-order valence-electron chi connectivity index (χ0n) is 12.7. The van der Waals surface area contributed by atoms with E-state index in [-0.39, 0.29) is 17.4 Å². The fourth-order valence-electron chi connectivity index (χ4n) is 2.03. The molecule has 3 rings (SSSR count). The minimum absolute atomic E-state index is 0.00807. The van der Waals surface area contributed by atoms with Crippen LogP contribution in [0.5, 0.6) is 0 Å². The number of hydrogen-bond donors (Lipinski definition) is 1. The van der Waals surface area contributed by atoms with Crippen LogP contribution in [0.1, 0.15) is 42.6 Å². The maximum Gasteiger partial charge on any atom is 0.224 e. The van der Waals surface area contributed by atoms with Crippen molar-refractivity contribution >= 4 is 29.1 Å². The van der Waals surface area contributed by atoms with Gasteiger partial charge in [-0.1, -0.05) is 18.7 Å². The number of thioether (sulfide) groups is 1. The van der Waals surface area contributed by atoms with Gasteiger partial charge in [0.2, 0.25) is 11.1 Å². The van der Waals surface area contributed by atoms with Crippen molar-refractivity contribution in [3.8, 4) is 0 Å². The fraction of sp³-hybridized carbons (Fsp3) is 0.400. The predicted molar refractivity (Wildman–Crippen MR) is 86.5 cm³/mol. The monoisotopic (exact) mass is 331 g/mol. The zero-order valence-corrected chi connectivity index (χ0v) is 13.5. The highest BCUT2D eigenvalue weighted by Crippen LogP contribution is 2.36. The largest absolute Gasteiger partial charge is 0.326 e. The van der Waals surface area contributed by atoms with E-state index in [0.29, 0.717) is 28.9 Å². The van der Waals surface area contributed by atoms with Gasteiger partial charge in [0, 0.05) is 17.7 Å². The summed E-state index contributed by atoms with van der Waals surface area (Å²) in [5, 5.41) is 15.0. The van der Waals surface area contributed by atoms with Gasteiger partial charge in [-0.05, 0) is 47.5 Å². The summed E-state index contributed by atoms with van der Waals surface area (Å²) in [5.74, 6) is 0.244. The predicted octanol–water partition coefficient (Wildman–Crippen LogP) is 2.33. The molecule has 1 aliphatic carbocycles. The van der Waals surface area contributed by atoms with E-state index in [1.165, 1.54) is 11.8 Å². The standard InChI is InChI=1S/C15H17N5O2S/c1-2-14(22)16-11-5-3-10(4-6-11)13(21)9-23-15-17-18-19-20(15)12-7-8-12/h3-6,12H,2,7-9H2,1H3,(H,16,22). The third-order valence-corrected chi connectivity index (χ3v) is 4.43. The van der Waals surface area contributed by atoms with Gasteiger partial charge in [-0.3, -0.25) is 9.59 Å². The Hall–Kier alpha value is -2.22. The second-order valence-electron chi connectivity index (χ2n) is 5.33. The molecule has 0 spiro atoms. The van der Waals surface area contributed by atoms with Crippen molar-refractivity contribution < 1.29 is 9.59 Å². The second kappa shape index (κ2) is 6.91. The molecule has 8 heteroatoms. The summed E-state index contributed by atoms with van der Waals surface area (Å²) in [7, 11) is 0. The lowest BCUT2D eigenvalue weighted by Gasteiger charge is -2.05. The Morgan fingerprint density at radius 3 is 2.70 bits per heavy atom. The lowest BCUT2D eigenvalue weighted by atomic mass is 10.1. The number of hydrogen-bond acceptors (Lipinski definition) is 6. The Labute approximate surface area is 137 Å². The van der Waals surface area contributed by atoms with Crippen molar-refractivity contribution in [2.24, 2.45) is 0 Å². The number of aromatic nitrogens is 4. The van der Waals surface area contributed by atoms with Crippen LogP contribution in [0.25, 0.3) is 0 Å². The molecule has 0 bridgehead atoms. The van der Waals surface area contributed by atoms with E-state index >= 15 is 0 Å². The molecule has 0 atom stereocenters. The SMILES string of the molecule is CCC(=O)Nc1ccc(C(=O)CSc2nnnn2C2CC2)cc1. The molecular weight excluding hydrogens is 314 g/mol. The number of carbonyl (C=O) groups excluding carboxylic acids is 2. The van der Waals surface area contributed by atoms with E-state index in [1.807, 2.05) is 0 Å². The number of ketones is 1. The number of tetrazole rings is 1. The van der Waals surface area contributed by atoms with Crippen LogP contribution < -0.4 is 5.32 Å². The van der Waals surface area contributed by atoms with Crippen LogP contribution in [0.2, 0.25) is 0 Å². The first kappa shape index (κ1) is 15.7. The average molecular weight is 331 g/mol. The van der Waals surface area contributed by atoms with Gasteiger partial charge in [-0.2, -0.15) is 0 Å². The van der Waals surface area contributed by atoms with Gasteiger partial charge in [0.25, 0.3) is 0 Å². The number of anilines is 1. The van der Waals surface area contributed by atoms with E-state index < -0.39 is 0 Å². The molecule has 120 valence electrons. The number of carbonyl (C=O) groups is 2. The Kier molecular flexibility index (Phi) is 4.71. The van der Waals surface area contributed by atoms with E-state index in [9.17, 15) is 9.59 Å². The molecule has 0 unspecified atom stereocenters. The van der Waals surface area contributed by atoms with Crippen LogP contribution in [0.4, 0.5) is 5.69 Å². The lowest BCUT2D eigenvalue weighted by molar-refractivity contribution is -0.115. The highest BCUT2D eigenvalue weighted by molar-refractivity contribution is 7.99. The van der Waals surface area contributed by atoms with Crippen molar-refractivity contribution in [1.82, 2.24) is 20.2 Å². The summed E-state index contributed by atoms with van der Waals surface area (Å²) in [4.78, 5) is 23.6. The molecular formula is C15H17N5O2S. The van der Waals surface area contributed by atoms with E-state index in [4.69, 9.17) is 0 Å². The molecule has 0 saturated heterocycles. The quantitative estimate of drug-likeness (QED) is 0.618. The van der Waals surface area contributed by atoms with E-state index in [1.54, 1.807) is 35.9 Å². The van der Waals surface area contributed by atoms with Crippen molar-refractivity contribution in [3.05, 3.63) is 29.8 Å². The summed E-state index contributed by atoms with van der Waals surface area (Å²) in [5.41, 5.74) is 1.30. The summed E-state index contributed by atoms with van der Waals surface area (Å²) in [6.45, 7) is 1.79. The second-order valence-corrected chi connectivity index (χ2v) is 6.27. The maximum atomic E-state index is 12.2. The maximum absolute atomic E-state index is 12.2. The molecule has 1 aliphatic rings. The van der Waals surface area contributed by atoms with E-state index in [2.05, 4.69) is 20.8 Å². The van der Waals surface area contributed by atoms with Gasteiger partial charge in [0.1, 0.15) is 0 Å². The number of Topliss-reactive ketones (excluding diaryl/α,β-unsaturated/α-hetero) is 1. The number of nitrogens with zero attached hydrogens (tertiary/aromatic N) is 4. The van der Waals surface area contributed by atoms with Gasteiger partial charge in [-0.15, -0.1) is 5.10 Å². The molecule has 1 fully saturated rings. The summed E-state index contributed by atoms with van der Waals surface area (Å²) >= 11 is 1.35. The van der Waals surface area contributed by atoms with Crippen molar-refractivity contribution in [2.45, 2.75) is 37.4 Å². The number of amides is 1. The first-order valence-corrected chi connectivity index (χ1v) is 8.49. The Bertz CT molecular complexity index is 709. The highest BCUT2D eigenvalue weighted by Gasteiger charge is 2.28. The molecule has 1 aromatic heterocycles. The summed E-state index contributed by atoms with van der Waals surface area (Å²) < 4.78 is 1.79. The van der Waals surface area contributed by atoms with Crippen LogP contribution in [-0.4, -0.2) is 37.7 Å². The first-order valence-electron chi connectivity index (χ1n) is 7.51. The van der Waals surface area contributed by atoms with Crippen molar-refractivity contribution in [2.75, 3.05) is 11.1 Å². The Balaban J connectivity index is 1.57. The van der Waals surface area contributed by atoms with Gasteiger partial charge < -0.3 is 5.32 Å². The molecule has 1 amide bonds. The van der Waals surface area contributed by atoms with Gasteiger partial charge in [0.05, 0.1) is 11.8 Å². The molecule has 7 nitrogen and oxygen atoms in total. The topological polar surface area (TPSA) is 89.8 Å². The Morgan fingerprint density at radius 2 is 2.04 bits per heavy atom. The lowest BCUT2D eigenvalue weighted by Crippen LogP contribution is -2.10. The first-order chi connectivity index (χ1) is 11.2. The molecule has 0 aliphatic heterocycles. The van der Waals surface area contributed by atoms with Gasteiger partial charge in [-0.25, -0.2) is 4.68 Å². The molecule has 1 N–H and O–H groups in total. The summed E-state index contributed by atoms with van der Waals surface area (Å²) in [6, 6.07) is 7.30. The number of rotatable bonds is 7. The molecule has 1 heterocycles. The normalized spacial score (nSPS) is 13.8. The number of nitrogens with one attached hydrogen (secondary N) is 1. The number of benzene rings is 1. The van der Waals surface area contributed by atoms with E-state index in [0.717, 1.165) is 12.8 Å². The zero-order chi connectivity index (χ0) is 16.2. The minimum atomic E-state index is -0.0495. The van der Waals surface area contributed by atoms with Crippen LogP contribution >= 0.6 is 11.8 Å². The smallest absolute Gasteiger partial charge is 0.224 e. The van der Waals surface area contributed by atoms with Crippen LogP contribution in [0.3, 0.4) is 0 Å². The highest BCUT2D eigenvalue weighted by atomic mass is 32.2. The third-order valence-electron chi connectivity index (χ3n) is 3.50. The fourth-order valence-corrected chi connectivity index (χ4v) is 2.87. The van der Waals surface area contributed by atoms with Crippen molar-refractivity contribution in [3.63, 3.8) is 0 Å². The summed E-state index contributed by atoms with van der Waals surface area (Å²) in [6.07, 6.45) is 2.61. The van der Waals surface area contributed by atoms with Crippen LogP contribution in [-0.2, 0) is 4.79 Å². The molecule has 2 aromatic rings. The molecule has 1 aromatic carbocycles. The van der Waals surface area contributed by atoms with Gasteiger partial charge in [0.15, 0.2) is 5.78 Å².